The molecule has 13 heteroatoms. The molecule has 7 rings (SSSR count). The van der Waals surface area contributed by atoms with Crippen molar-refractivity contribution in [2.45, 2.75) is 165 Å². The van der Waals surface area contributed by atoms with E-state index in [1.165, 1.54) is 5.57 Å². The van der Waals surface area contributed by atoms with Crippen LogP contribution in [-0.4, -0.2) is 133 Å². The summed E-state index contributed by atoms with van der Waals surface area (Å²) in [7, 11) is 0. The van der Waals surface area contributed by atoms with Crippen LogP contribution in [0.2, 0.25) is 0 Å². The Bertz CT molecular complexity index is 1280. The molecule has 0 amide bonds. The normalized spacial score (nSPS) is 56.0. The first-order chi connectivity index (χ1) is 24.0. The summed E-state index contributed by atoms with van der Waals surface area (Å²) in [4.78, 5) is 0. The number of ether oxygens (including phenoxy) is 5. The van der Waals surface area contributed by atoms with Crippen molar-refractivity contribution in [1.82, 2.24) is 0 Å². The standard InChI is InChI=1S/C38H62O13/c1-17(15-47-34-33(45)31(43)29(41)19(3)49-34)8-11-38(46)18(2)28-26(51-38)14-24-22-7-6-20-12-21(39)13-27(37(20,5)23(22)9-10-36(24,28)4)50-35-32(44)30(42)25(40)16-48-35/h6,17-19,21-35,39-46H,7-16H2,1-5H3/t17-,18+,19-,21-,22-,23+,24+,25-,26+,27-,28+,29-,30+,31+,32-,33+,34-,35+,36+,37+,38+/m1/s1. The second-order valence-electron chi connectivity index (χ2n) is 17.8. The average molecular weight is 727 g/mol. The van der Waals surface area contributed by atoms with Crippen LogP contribution in [0.25, 0.3) is 0 Å². The van der Waals surface area contributed by atoms with Crippen LogP contribution < -0.4 is 0 Å². The zero-order chi connectivity index (χ0) is 36.8. The Morgan fingerprint density at radius 1 is 0.922 bits per heavy atom. The lowest BCUT2D eigenvalue weighted by Gasteiger charge is -2.60. The van der Waals surface area contributed by atoms with E-state index >= 15 is 0 Å². The SMILES string of the molecule is C[C@H](CC[C@]1(O)O[C@H]2C[C@H]3[C@@H]4CC=C5C[C@@H](O)C[C@@H](O[C@@H]6OC[C@@H](O)[C@H](O)[C@H]6O)[C@]5(C)[C@H]4CC[C@]3(C)[C@H]2[C@@H]1C)CO[C@@H]1O[C@H](C)[C@@H](O)[C@H](O)[C@@H]1O. The highest BCUT2D eigenvalue weighted by atomic mass is 16.7. The molecule has 292 valence electrons. The number of aliphatic hydroxyl groups is 8. The van der Waals surface area contributed by atoms with Gasteiger partial charge in [0.1, 0.15) is 36.6 Å². The van der Waals surface area contributed by atoms with Crippen LogP contribution >= 0.6 is 0 Å². The molecular formula is C38H62O13. The van der Waals surface area contributed by atoms with Crippen molar-refractivity contribution in [2.75, 3.05) is 13.2 Å². The molecule has 8 N–H and O–H groups in total. The number of aliphatic hydroxyl groups excluding tert-OH is 7. The van der Waals surface area contributed by atoms with E-state index in [4.69, 9.17) is 23.7 Å². The van der Waals surface area contributed by atoms with Crippen LogP contribution in [-0.2, 0) is 23.7 Å². The molecule has 0 aromatic rings. The fourth-order valence-electron chi connectivity index (χ4n) is 11.9. The van der Waals surface area contributed by atoms with E-state index in [2.05, 4.69) is 26.8 Å². The molecule has 6 fully saturated rings. The second kappa shape index (κ2) is 14.1. The Kier molecular flexibility index (Phi) is 10.6. The molecule has 7 aliphatic rings. The van der Waals surface area contributed by atoms with Crippen molar-refractivity contribution in [2.24, 2.45) is 46.3 Å². The summed E-state index contributed by atoms with van der Waals surface area (Å²) in [5, 5.41) is 84.3. The molecule has 0 aromatic carbocycles. The molecular weight excluding hydrogens is 664 g/mol. The molecule has 4 aliphatic carbocycles. The van der Waals surface area contributed by atoms with Gasteiger partial charge in [0.15, 0.2) is 18.4 Å². The van der Waals surface area contributed by atoms with Gasteiger partial charge in [-0.2, -0.15) is 0 Å². The molecule has 0 aromatic heterocycles. The lowest BCUT2D eigenvalue weighted by atomic mass is 9.46. The van der Waals surface area contributed by atoms with Gasteiger partial charge in [-0.05, 0) is 80.5 Å². The predicted octanol–water partition coefficient (Wildman–Crippen LogP) is 0.954. The first kappa shape index (κ1) is 38.5. The maximum Gasteiger partial charge on any atom is 0.186 e. The van der Waals surface area contributed by atoms with E-state index < -0.39 is 78.7 Å². The van der Waals surface area contributed by atoms with Crippen molar-refractivity contribution < 1.29 is 64.5 Å². The molecule has 0 spiro atoms. The minimum atomic E-state index is -1.40. The third kappa shape index (κ3) is 6.37. The van der Waals surface area contributed by atoms with Gasteiger partial charge in [-0.15, -0.1) is 0 Å². The van der Waals surface area contributed by atoms with Crippen molar-refractivity contribution in [1.29, 1.82) is 0 Å². The summed E-state index contributed by atoms with van der Waals surface area (Å²) in [6.07, 6.45) is -3.70. The van der Waals surface area contributed by atoms with Gasteiger partial charge < -0.3 is 64.5 Å². The Morgan fingerprint density at radius 3 is 2.39 bits per heavy atom. The van der Waals surface area contributed by atoms with E-state index in [1.807, 2.05) is 6.92 Å². The van der Waals surface area contributed by atoms with E-state index in [0.717, 1.165) is 25.7 Å². The first-order valence-corrected chi connectivity index (χ1v) is 19.4. The van der Waals surface area contributed by atoms with Crippen LogP contribution in [0.1, 0.15) is 86.0 Å². The molecule has 3 heterocycles. The summed E-state index contributed by atoms with van der Waals surface area (Å²) in [5.41, 5.74) is 0.756. The van der Waals surface area contributed by atoms with Crippen molar-refractivity contribution in [3.63, 3.8) is 0 Å². The zero-order valence-corrected chi connectivity index (χ0v) is 30.7. The predicted molar refractivity (Wildman–Crippen MR) is 180 cm³/mol. The number of fused-ring (bicyclic) bond motifs is 7. The van der Waals surface area contributed by atoms with E-state index in [9.17, 15) is 40.9 Å². The quantitative estimate of drug-likeness (QED) is 0.164. The second-order valence-corrected chi connectivity index (χ2v) is 17.8. The third-order valence-electron chi connectivity index (χ3n) is 14.9. The summed E-state index contributed by atoms with van der Waals surface area (Å²) >= 11 is 0. The molecule has 3 aliphatic heterocycles. The Hall–Kier alpha value is -0.780. The number of hydrogen-bond donors (Lipinski definition) is 8. The average Bonchev–Trinajstić information content (AvgIpc) is 3.52. The van der Waals surface area contributed by atoms with Gasteiger partial charge in [-0.3, -0.25) is 0 Å². The fraction of sp³-hybridized carbons (Fsp3) is 0.947. The largest absolute Gasteiger partial charge is 0.393 e. The third-order valence-corrected chi connectivity index (χ3v) is 14.9. The molecule has 0 bridgehead atoms. The summed E-state index contributed by atoms with van der Waals surface area (Å²) in [6, 6.07) is 0. The minimum absolute atomic E-state index is 0.0146. The van der Waals surface area contributed by atoms with E-state index in [-0.39, 0.29) is 48.4 Å². The van der Waals surface area contributed by atoms with Gasteiger partial charge in [-0.1, -0.05) is 39.3 Å². The maximum atomic E-state index is 12.0. The van der Waals surface area contributed by atoms with Crippen LogP contribution in [0.15, 0.2) is 11.6 Å². The Morgan fingerprint density at radius 2 is 1.65 bits per heavy atom. The smallest absolute Gasteiger partial charge is 0.186 e. The van der Waals surface area contributed by atoms with Gasteiger partial charge in [0, 0.05) is 24.2 Å². The van der Waals surface area contributed by atoms with Crippen molar-refractivity contribution in [3.05, 3.63) is 11.6 Å². The lowest BCUT2D eigenvalue weighted by molar-refractivity contribution is -0.300. The molecule has 51 heavy (non-hydrogen) atoms. The van der Waals surface area contributed by atoms with Gasteiger partial charge in [0.25, 0.3) is 0 Å². The van der Waals surface area contributed by atoms with Crippen LogP contribution in [0.3, 0.4) is 0 Å². The molecule has 0 unspecified atom stereocenters. The van der Waals surface area contributed by atoms with Gasteiger partial charge >= 0.3 is 0 Å². The van der Waals surface area contributed by atoms with Crippen LogP contribution in [0, 0.1) is 46.3 Å². The number of hydrogen-bond acceptors (Lipinski definition) is 13. The first-order valence-electron chi connectivity index (χ1n) is 19.4. The molecule has 21 atom stereocenters. The monoisotopic (exact) mass is 726 g/mol. The zero-order valence-electron chi connectivity index (χ0n) is 30.7. The molecule has 0 radical (unpaired) electrons. The molecule has 13 nitrogen and oxygen atoms in total. The molecule has 3 saturated carbocycles. The van der Waals surface area contributed by atoms with Gasteiger partial charge in [0.05, 0.1) is 37.6 Å². The van der Waals surface area contributed by atoms with Crippen molar-refractivity contribution in [3.8, 4) is 0 Å². The molecule has 3 saturated heterocycles. The Labute approximate surface area is 300 Å². The number of rotatable bonds is 8. The summed E-state index contributed by atoms with van der Waals surface area (Å²) < 4.78 is 30.2. The summed E-state index contributed by atoms with van der Waals surface area (Å²) in [5.74, 6) is -0.141. The van der Waals surface area contributed by atoms with Gasteiger partial charge in [0.2, 0.25) is 0 Å². The maximum absolute atomic E-state index is 12.0. The Balaban J connectivity index is 1.00. The topological polar surface area (TPSA) is 208 Å². The highest BCUT2D eigenvalue weighted by molar-refractivity contribution is 5.28. The van der Waals surface area contributed by atoms with Gasteiger partial charge in [-0.25, -0.2) is 0 Å². The lowest BCUT2D eigenvalue weighted by Crippen LogP contribution is -2.60. The summed E-state index contributed by atoms with van der Waals surface area (Å²) in [6.45, 7) is 10.5. The van der Waals surface area contributed by atoms with E-state index in [1.54, 1.807) is 6.92 Å². The highest BCUT2D eigenvalue weighted by Gasteiger charge is 2.68. The van der Waals surface area contributed by atoms with Crippen molar-refractivity contribution >= 4 is 0 Å². The highest BCUT2D eigenvalue weighted by Crippen LogP contribution is 2.70. The fourth-order valence-corrected chi connectivity index (χ4v) is 11.9. The number of allylic oxidation sites excluding steroid dienone is 1. The van der Waals surface area contributed by atoms with Crippen LogP contribution in [0.4, 0.5) is 0 Å². The van der Waals surface area contributed by atoms with Crippen LogP contribution in [0.5, 0.6) is 0 Å². The minimum Gasteiger partial charge on any atom is -0.393 e. The van der Waals surface area contributed by atoms with E-state index in [0.29, 0.717) is 37.5 Å².